The van der Waals surface area contributed by atoms with E-state index in [0.29, 0.717) is 13.1 Å². The van der Waals surface area contributed by atoms with Crippen LogP contribution in [0.5, 0.6) is 0 Å². The van der Waals surface area contributed by atoms with Gasteiger partial charge in [-0.05, 0) is 64.4 Å². The van der Waals surface area contributed by atoms with Crippen molar-refractivity contribution in [1.29, 1.82) is 0 Å². The summed E-state index contributed by atoms with van der Waals surface area (Å²) in [7, 11) is 0. The van der Waals surface area contributed by atoms with Gasteiger partial charge in [-0.15, -0.1) is 11.3 Å². The van der Waals surface area contributed by atoms with E-state index >= 15 is 0 Å². The number of aromatic nitrogens is 1. The highest BCUT2D eigenvalue weighted by Gasteiger charge is 2.48. The maximum atomic E-state index is 13.9. The van der Waals surface area contributed by atoms with Crippen LogP contribution in [-0.2, 0) is 17.8 Å². The van der Waals surface area contributed by atoms with Crippen LogP contribution in [0.1, 0.15) is 88.0 Å². The topological polar surface area (TPSA) is 57.6 Å². The molecule has 0 bridgehead atoms. The lowest BCUT2D eigenvalue weighted by Gasteiger charge is -2.45. The normalized spacial score (nSPS) is 21.8. The fourth-order valence-corrected chi connectivity index (χ4v) is 6.71. The molecule has 1 fully saturated rings. The third-order valence-electron chi connectivity index (χ3n) is 7.95. The van der Waals surface area contributed by atoms with Gasteiger partial charge >= 0.3 is 0 Å². The minimum Gasteiger partial charge on any atom is -0.351 e. The Kier molecular flexibility index (Phi) is 8.03. The predicted molar refractivity (Wildman–Crippen MR) is 141 cm³/mol. The third kappa shape index (κ3) is 4.92. The van der Waals surface area contributed by atoms with Gasteiger partial charge in [0.05, 0.1) is 16.8 Å². The molecule has 188 valence electrons. The van der Waals surface area contributed by atoms with Gasteiger partial charge in [-0.3, -0.25) is 9.59 Å². The number of thiophene rings is 1. The second-order valence-corrected chi connectivity index (χ2v) is 11.4. The molecule has 2 aromatic rings. The number of hydrogen-bond donors (Lipinski definition) is 1. The summed E-state index contributed by atoms with van der Waals surface area (Å²) in [6.45, 7) is 12.5. The number of amides is 2. The van der Waals surface area contributed by atoms with Crippen molar-refractivity contribution < 1.29 is 9.59 Å². The van der Waals surface area contributed by atoms with Crippen LogP contribution in [0.3, 0.4) is 0 Å². The van der Waals surface area contributed by atoms with Gasteiger partial charge in [0.1, 0.15) is 11.2 Å². The van der Waals surface area contributed by atoms with E-state index in [9.17, 15) is 9.59 Å². The Hall–Kier alpha value is -1.86. The number of carbonyl (C=O) groups excluding carboxylic acids is 2. The average molecular weight is 487 g/mol. The maximum Gasteiger partial charge on any atom is 0.271 e. The zero-order valence-corrected chi connectivity index (χ0v) is 22.3. The highest BCUT2D eigenvalue weighted by Crippen LogP contribution is 2.36. The molecule has 1 aliphatic carbocycles. The van der Waals surface area contributed by atoms with Crippen LogP contribution in [0.15, 0.2) is 12.1 Å². The zero-order valence-electron chi connectivity index (χ0n) is 21.5. The number of nitrogens with zero attached hydrogens (tertiary/aromatic N) is 3. The van der Waals surface area contributed by atoms with Gasteiger partial charge in [0, 0.05) is 17.5 Å². The highest BCUT2D eigenvalue weighted by atomic mass is 32.1. The molecule has 2 amide bonds. The van der Waals surface area contributed by atoms with Crippen LogP contribution in [0.25, 0.3) is 10.2 Å². The van der Waals surface area contributed by atoms with Crippen molar-refractivity contribution in [3.63, 3.8) is 0 Å². The largest absolute Gasteiger partial charge is 0.351 e. The molecule has 0 unspecified atom stereocenters. The SMILES string of the molecule is CCc1cc2c(cc3n2C[C@](C)(C(=O)NC2CCCCCC2)N(CCCN(CC)CC)C3=O)s1. The molecule has 4 rings (SSSR count). The Bertz CT molecular complexity index is 1000. The zero-order chi connectivity index (χ0) is 24.3. The van der Waals surface area contributed by atoms with Crippen LogP contribution in [-0.4, -0.2) is 63.9 Å². The van der Waals surface area contributed by atoms with E-state index in [2.05, 4.69) is 41.6 Å². The smallest absolute Gasteiger partial charge is 0.271 e. The predicted octanol–water partition coefficient (Wildman–Crippen LogP) is 5.05. The Morgan fingerprint density at radius 3 is 2.50 bits per heavy atom. The second kappa shape index (κ2) is 10.8. The van der Waals surface area contributed by atoms with Crippen LogP contribution in [0.4, 0.5) is 0 Å². The molecule has 1 atom stereocenters. The fraction of sp³-hybridized carbons (Fsp3) is 0.704. The number of aryl methyl sites for hydroxylation is 1. The molecular weight excluding hydrogens is 444 g/mol. The molecule has 0 radical (unpaired) electrons. The first-order chi connectivity index (χ1) is 16.4. The van der Waals surface area contributed by atoms with Crippen molar-refractivity contribution in [2.45, 2.75) is 97.2 Å². The Morgan fingerprint density at radius 1 is 1.15 bits per heavy atom. The third-order valence-corrected chi connectivity index (χ3v) is 9.16. The molecule has 2 aromatic heterocycles. The Morgan fingerprint density at radius 2 is 1.85 bits per heavy atom. The molecule has 3 heterocycles. The fourth-order valence-electron chi connectivity index (χ4n) is 5.67. The van der Waals surface area contributed by atoms with Crippen molar-refractivity contribution >= 4 is 33.4 Å². The molecule has 1 saturated carbocycles. The van der Waals surface area contributed by atoms with Crippen molar-refractivity contribution in [3.05, 3.63) is 22.7 Å². The summed E-state index contributed by atoms with van der Waals surface area (Å²) in [5.74, 6) is -0.000189. The molecule has 0 aromatic carbocycles. The van der Waals surface area contributed by atoms with E-state index < -0.39 is 5.54 Å². The van der Waals surface area contributed by atoms with E-state index in [4.69, 9.17) is 0 Å². The molecule has 1 aliphatic heterocycles. The van der Waals surface area contributed by atoms with Gasteiger partial charge in [-0.2, -0.15) is 0 Å². The van der Waals surface area contributed by atoms with E-state index in [0.717, 1.165) is 61.2 Å². The number of rotatable bonds is 9. The molecule has 7 heteroatoms. The minimum atomic E-state index is -0.889. The van der Waals surface area contributed by atoms with Crippen LogP contribution in [0, 0.1) is 0 Å². The summed E-state index contributed by atoms with van der Waals surface area (Å²) >= 11 is 1.76. The minimum absolute atomic E-state index is 0.00836. The highest BCUT2D eigenvalue weighted by molar-refractivity contribution is 7.19. The summed E-state index contributed by atoms with van der Waals surface area (Å²) < 4.78 is 3.26. The van der Waals surface area contributed by atoms with E-state index in [-0.39, 0.29) is 17.9 Å². The van der Waals surface area contributed by atoms with Gasteiger partial charge in [0.15, 0.2) is 0 Å². The van der Waals surface area contributed by atoms with Crippen LogP contribution < -0.4 is 5.32 Å². The van der Waals surface area contributed by atoms with Crippen LogP contribution >= 0.6 is 11.3 Å². The van der Waals surface area contributed by atoms with E-state index in [1.165, 1.54) is 30.6 Å². The number of nitrogens with one attached hydrogen (secondary N) is 1. The average Bonchev–Trinajstić information content (AvgIpc) is 3.27. The summed E-state index contributed by atoms with van der Waals surface area (Å²) in [6, 6.07) is 4.47. The summed E-state index contributed by atoms with van der Waals surface area (Å²) in [4.78, 5) is 33.3. The lowest BCUT2D eigenvalue weighted by molar-refractivity contribution is -0.133. The molecular formula is C27H42N4O2S. The molecule has 2 aliphatic rings. The molecule has 6 nitrogen and oxygen atoms in total. The Labute approximate surface area is 208 Å². The number of hydrogen-bond acceptors (Lipinski definition) is 4. The first kappa shape index (κ1) is 25.2. The van der Waals surface area contributed by atoms with E-state index in [1.54, 1.807) is 11.3 Å². The first-order valence-electron chi connectivity index (χ1n) is 13.4. The molecule has 1 N–H and O–H groups in total. The lowest BCUT2D eigenvalue weighted by Crippen LogP contribution is -2.65. The summed E-state index contributed by atoms with van der Waals surface area (Å²) in [6.07, 6.45) is 8.79. The van der Waals surface area contributed by atoms with Crippen molar-refractivity contribution in [1.82, 2.24) is 19.7 Å². The Balaban J connectivity index is 1.63. The molecule has 34 heavy (non-hydrogen) atoms. The number of fused-ring (bicyclic) bond motifs is 3. The molecule has 0 saturated heterocycles. The lowest BCUT2D eigenvalue weighted by atomic mass is 9.93. The second-order valence-electron chi connectivity index (χ2n) is 10.2. The van der Waals surface area contributed by atoms with Gasteiger partial charge in [0.25, 0.3) is 5.91 Å². The standard InChI is InChI=1S/C27H42N4O2S/c1-5-21-17-22-24(34-21)18-23-25(32)31(16-12-15-29(6-2)7-3)27(4,19-30(22)23)26(33)28-20-13-10-8-9-11-14-20/h17-18,20H,5-16,19H2,1-4H3,(H,28,33)/t27-/m1/s1. The maximum absolute atomic E-state index is 13.9. The van der Waals surface area contributed by atoms with Gasteiger partial charge in [-0.1, -0.05) is 46.5 Å². The summed E-state index contributed by atoms with van der Waals surface area (Å²) in [5, 5.41) is 3.37. The van der Waals surface area contributed by atoms with Crippen LogP contribution in [0.2, 0.25) is 0 Å². The van der Waals surface area contributed by atoms with Crippen molar-refractivity contribution in [2.24, 2.45) is 0 Å². The van der Waals surface area contributed by atoms with Crippen molar-refractivity contribution in [2.75, 3.05) is 26.2 Å². The molecule has 0 spiro atoms. The van der Waals surface area contributed by atoms with Crippen molar-refractivity contribution in [3.8, 4) is 0 Å². The monoisotopic (exact) mass is 486 g/mol. The van der Waals surface area contributed by atoms with Gasteiger partial charge in [0.2, 0.25) is 5.91 Å². The summed E-state index contributed by atoms with van der Waals surface area (Å²) in [5.41, 5.74) is 0.938. The number of carbonyl (C=O) groups is 2. The van der Waals surface area contributed by atoms with Gasteiger partial charge in [-0.25, -0.2) is 0 Å². The first-order valence-corrected chi connectivity index (χ1v) is 14.2. The quantitative estimate of drug-likeness (QED) is 0.505. The van der Waals surface area contributed by atoms with E-state index in [1.807, 2.05) is 17.9 Å². The van der Waals surface area contributed by atoms with Gasteiger partial charge < -0.3 is 19.7 Å².